The first-order valence-electron chi connectivity index (χ1n) is 8.81. The van der Waals surface area contributed by atoms with E-state index in [1.54, 1.807) is 0 Å². The third-order valence-electron chi connectivity index (χ3n) is 7.14. The van der Waals surface area contributed by atoms with Gasteiger partial charge in [-0.15, -0.1) is 12.3 Å². The maximum absolute atomic E-state index is 13.2. The Kier molecular flexibility index (Phi) is 2.60. The Hall–Kier alpha value is -1.05. The zero-order chi connectivity index (χ0) is 15.1. The number of amides is 1. The molecule has 5 rings (SSSR count). The van der Waals surface area contributed by atoms with Gasteiger partial charge in [0.25, 0.3) is 0 Å². The van der Waals surface area contributed by atoms with Gasteiger partial charge in [0.1, 0.15) is 0 Å². The van der Waals surface area contributed by atoms with Gasteiger partial charge in [-0.25, -0.2) is 0 Å². The predicted octanol–water partition coefficient (Wildman–Crippen LogP) is 1.52. The summed E-state index contributed by atoms with van der Waals surface area (Å²) in [6.07, 6.45) is 12.3. The Morgan fingerprint density at radius 2 is 2.09 bits per heavy atom. The summed E-state index contributed by atoms with van der Waals surface area (Å²) in [5.74, 6) is 3.60. The smallest absolute Gasteiger partial charge is 0.229 e. The molecule has 2 heterocycles. The second kappa shape index (κ2) is 4.27. The highest BCUT2D eigenvalue weighted by molar-refractivity contribution is 5.85. The molecule has 3 saturated carbocycles. The molecule has 22 heavy (non-hydrogen) atoms. The van der Waals surface area contributed by atoms with Crippen molar-refractivity contribution in [1.82, 2.24) is 4.90 Å². The molecule has 7 unspecified atom stereocenters. The van der Waals surface area contributed by atoms with Crippen molar-refractivity contribution >= 4 is 5.91 Å². The van der Waals surface area contributed by atoms with E-state index in [0.29, 0.717) is 12.3 Å². The first kappa shape index (κ1) is 13.4. The molecular weight excluding hydrogens is 278 g/mol. The van der Waals surface area contributed by atoms with E-state index in [-0.39, 0.29) is 35.8 Å². The highest BCUT2D eigenvalue weighted by atomic mass is 16.6. The lowest BCUT2D eigenvalue weighted by atomic mass is 9.76. The number of nitrogens with zero attached hydrogens (tertiary/aromatic N) is 1. The molecule has 0 spiro atoms. The molecule has 2 bridgehead atoms. The number of carbonyl (C=O) groups is 1. The summed E-state index contributed by atoms with van der Waals surface area (Å²) in [6.45, 7) is 0. The quantitative estimate of drug-likeness (QED) is 0.787. The molecule has 0 aromatic carbocycles. The Bertz CT molecular complexity index is 563. The van der Waals surface area contributed by atoms with Crippen molar-refractivity contribution in [2.75, 3.05) is 0 Å². The number of aliphatic hydroxyl groups is 1. The molecule has 1 N–H and O–H groups in total. The minimum Gasteiger partial charge on any atom is -0.390 e. The van der Waals surface area contributed by atoms with Crippen molar-refractivity contribution in [3.05, 3.63) is 0 Å². The Morgan fingerprint density at radius 1 is 1.32 bits per heavy atom. The lowest BCUT2D eigenvalue weighted by Crippen LogP contribution is -2.55. The van der Waals surface area contributed by atoms with Gasteiger partial charge in [0.05, 0.1) is 24.5 Å². The molecule has 5 fully saturated rings. The number of likely N-dealkylation sites (tertiary alicyclic amines) is 1. The zero-order valence-electron chi connectivity index (χ0n) is 12.8. The van der Waals surface area contributed by atoms with Crippen LogP contribution in [0.25, 0.3) is 0 Å². The summed E-state index contributed by atoms with van der Waals surface area (Å²) >= 11 is 0. The maximum Gasteiger partial charge on any atom is 0.229 e. The van der Waals surface area contributed by atoms with E-state index in [9.17, 15) is 9.90 Å². The van der Waals surface area contributed by atoms with Crippen molar-refractivity contribution in [2.45, 2.75) is 68.9 Å². The minimum absolute atomic E-state index is 0.0472. The molecule has 5 aliphatic rings. The monoisotopic (exact) mass is 301 g/mol. The summed E-state index contributed by atoms with van der Waals surface area (Å²) in [6, 6.07) is 0.287. The standard InChI is InChI=1S/C18H23NO3/c1-2-8-18-14-12-9-11(15(20)16(12)22-18)13(14)17(21)19(18)10-6-4-3-5-7-10/h1,10-16,20H,3-9H2. The van der Waals surface area contributed by atoms with Gasteiger partial charge in [0, 0.05) is 12.0 Å². The van der Waals surface area contributed by atoms with Crippen LogP contribution in [0.1, 0.15) is 44.9 Å². The summed E-state index contributed by atoms with van der Waals surface area (Å²) in [5, 5.41) is 10.5. The number of hydrogen-bond donors (Lipinski definition) is 1. The molecule has 1 amide bonds. The van der Waals surface area contributed by atoms with Gasteiger partial charge < -0.3 is 14.7 Å². The van der Waals surface area contributed by atoms with Crippen LogP contribution in [0.4, 0.5) is 0 Å². The molecular formula is C18H23NO3. The number of ether oxygens (including phenoxy) is 1. The van der Waals surface area contributed by atoms with E-state index >= 15 is 0 Å². The number of aliphatic hydroxyl groups excluding tert-OH is 1. The van der Waals surface area contributed by atoms with Crippen LogP contribution in [0.5, 0.6) is 0 Å². The fraction of sp³-hybridized carbons (Fsp3) is 0.833. The predicted molar refractivity (Wildman–Crippen MR) is 79.4 cm³/mol. The molecule has 118 valence electrons. The number of terminal acetylenes is 1. The summed E-state index contributed by atoms with van der Waals surface area (Å²) in [7, 11) is 0. The van der Waals surface area contributed by atoms with E-state index in [1.807, 2.05) is 0 Å². The van der Waals surface area contributed by atoms with E-state index in [0.717, 1.165) is 19.3 Å². The van der Waals surface area contributed by atoms with E-state index in [4.69, 9.17) is 11.2 Å². The SMILES string of the molecule is C#CCC12OC3C(O)C4CC3C1C4C(=O)N2C1CCCCC1. The van der Waals surface area contributed by atoms with Gasteiger partial charge in [-0.2, -0.15) is 0 Å². The zero-order valence-corrected chi connectivity index (χ0v) is 12.8. The van der Waals surface area contributed by atoms with Crippen molar-refractivity contribution in [3.63, 3.8) is 0 Å². The van der Waals surface area contributed by atoms with Crippen LogP contribution in [0, 0.1) is 36.0 Å². The fourth-order valence-electron chi connectivity index (χ4n) is 6.53. The number of hydrogen-bond acceptors (Lipinski definition) is 3. The molecule has 3 aliphatic carbocycles. The van der Waals surface area contributed by atoms with Crippen molar-refractivity contribution in [3.8, 4) is 12.3 Å². The van der Waals surface area contributed by atoms with Gasteiger partial charge in [-0.3, -0.25) is 4.79 Å². The van der Waals surface area contributed by atoms with Crippen LogP contribution in [0.3, 0.4) is 0 Å². The van der Waals surface area contributed by atoms with Crippen LogP contribution < -0.4 is 0 Å². The normalized spacial score (nSPS) is 52.5. The van der Waals surface area contributed by atoms with Gasteiger partial charge in [0.15, 0.2) is 5.72 Å². The molecule has 2 saturated heterocycles. The third kappa shape index (κ3) is 1.32. The third-order valence-corrected chi connectivity index (χ3v) is 7.14. The van der Waals surface area contributed by atoms with Crippen LogP contribution >= 0.6 is 0 Å². The topological polar surface area (TPSA) is 49.8 Å². The second-order valence-electron chi connectivity index (χ2n) is 7.91. The van der Waals surface area contributed by atoms with Crippen molar-refractivity contribution in [2.24, 2.45) is 23.7 Å². The van der Waals surface area contributed by atoms with E-state index < -0.39 is 11.8 Å². The number of rotatable bonds is 2. The van der Waals surface area contributed by atoms with Crippen molar-refractivity contribution in [1.29, 1.82) is 0 Å². The van der Waals surface area contributed by atoms with Gasteiger partial charge in [0.2, 0.25) is 5.91 Å². The Labute approximate surface area is 131 Å². The number of fused-ring (bicyclic) bond motifs is 2. The number of carbonyl (C=O) groups excluding carboxylic acids is 1. The van der Waals surface area contributed by atoms with Gasteiger partial charge in [-0.05, 0) is 31.1 Å². The van der Waals surface area contributed by atoms with Gasteiger partial charge >= 0.3 is 0 Å². The van der Waals surface area contributed by atoms with Crippen LogP contribution in [-0.2, 0) is 9.53 Å². The summed E-state index contributed by atoms with van der Waals surface area (Å²) < 4.78 is 6.42. The molecule has 2 aliphatic heterocycles. The molecule has 0 aromatic heterocycles. The lowest BCUT2D eigenvalue weighted by Gasteiger charge is -2.44. The Balaban J connectivity index is 1.60. The largest absolute Gasteiger partial charge is 0.390 e. The fourth-order valence-corrected chi connectivity index (χ4v) is 6.53. The average Bonchev–Trinajstić information content (AvgIpc) is 3.17. The molecule has 7 atom stereocenters. The summed E-state index contributed by atoms with van der Waals surface area (Å²) in [4.78, 5) is 15.3. The van der Waals surface area contributed by atoms with Gasteiger partial charge in [-0.1, -0.05) is 19.3 Å². The molecule has 4 nitrogen and oxygen atoms in total. The van der Waals surface area contributed by atoms with Crippen LogP contribution in [-0.4, -0.2) is 39.9 Å². The van der Waals surface area contributed by atoms with Crippen LogP contribution in [0.2, 0.25) is 0 Å². The average molecular weight is 301 g/mol. The first-order chi connectivity index (χ1) is 10.7. The first-order valence-corrected chi connectivity index (χ1v) is 8.81. The lowest BCUT2D eigenvalue weighted by molar-refractivity contribution is -0.186. The molecule has 0 radical (unpaired) electrons. The highest BCUT2D eigenvalue weighted by Crippen LogP contribution is 2.68. The summed E-state index contributed by atoms with van der Waals surface area (Å²) in [5.41, 5.74) is -0.611. The van der Waals surface area contributed by atoms with E-state index in [1.165, 1.54) is 19.3 Å². The highest BCUT2D eigenvalue weighted by Gasteiger charge is 2.78. The Morgan fingerprint density at radius 3 is 2.82 bits per heavy atom. The minimum atomic E-state index is -0.611. The maximum atomic E-state index is 13.2. The van der Waals surface area contributed by atoms with Crippen LogP contribution in [0.15, 0.2) is 0 Å². The van der Waals surface area contributed by atoms with Crippen molar-refractivity contribution < 1.29 is 14.6 Å². The second-order valence-corrected chi connectivity index (χ2v) is 7.91. The molecule has 0 aromatic rings. The molecule has 4 heteroatoms. The van der Waals surface area contributed by atoms with E-state index in [2.05, 4.69) is 10.8 Å².